The van der Waals surface area contributed by atoms with Gasteiger partial charge >= 0.3 is 0 Å². The van der Waals surface area contributed by atoms with Crippen molar-refractivity contribution in [1.29, 1.82) is 0 Å². The third-order valence-corrected chi connectivity index (χ3v) is 6.74. The maximum absolute atomic E-state index is 3.84. The van der Waals surface area contributed by atoms with E-state index in [2.05, 4.69) is 100 Å². The smallest absolute Gasteiger partial charge is 0.0300 e. The second-order valence-electron chi connectivity index (χ2n) is 6.92. The van der Waals surface area contributed by atoms with E-state index >= 15 is 0 Å². The number of nitrogens with zero attached hydrogens (tertiary/aromatic N) is 1. The van der Waals surface area contributed by atoms with Crippen molar-refractivity contribution in [3.8, 4) is 0 Å². The average Bonchev–Trinajstić information content (AvgIpc) is 2.64. The SMILES string of the molecule is C=Cc1ccc(C(SN(C)SC(=C(C)C)c2ccccc2C)=C(C)C)cc1. The van der Waals surface area contributed by atoms with Crippen LogP contribution in [0.25, 0.3) is 15.9 Å². The molecule has 0 aromatic heterocycles. The molecule has 1 nitrogen and oxygen atoms in total. The van der Waals surface area contributed by atoms with Gasteiger partial charge in [-0.15, -0.1) is 0 Å². The van der Waals surface area contributed by atoms with E-state index in [0.29, 0.717) is 0 Å². The molecule has 0 bridgehead atoms. The van der Waals surface area contributed by atoms with Gasteiger partial charge in [-0.05, 0) is 80.8 Å². The molecule has 27 heavy (non-hydrogen) atoms. The van der Waals surface area contributed by atoms with Crippen molar-refractivity contribution in [3.05, 3.63) is 88.5 Å². The monoisotopic (exact) mass is 395 g/mol. The van der Waals surface area contributed by atoms with Gasteiger partial charge in [-0.25, -0.2) is 0 Å². The van der Waals surface area contributed by atoms with Gasteiger partial charge in [-0.2, -0.15) is 3.71 Å². The van der Waals surface area contributed by atoms with Crippen LogP contribution >= 0.6 is 23.9 Å². The minimum atomic E-state index is 1.14. The molecule has 0 spiro atoms. The molecule has 0 amide bonds. The number of hydrogen-bond acceptors (Lipinski definition) is 3. The van der Waals surface area contributed by atoms with Crippen LogP contribution in [0, 0.1) is 6.92 Å². The van der Waals surface area contributed by atoms with E-state index in [4.69, 9.17) is 0 Å². The maximum Gasteiger partial charge on any atom is 0.0300 e. The summed E-state index contributed by atoms with van der Waals surface area (Å²) in [6.07, 6.45) is 1.88. The molecule has 0 saturated heterocycles. The molecule has 0 aliphatic rings. The van der Waals surface area contributed by atoms with Crippen LogP contribution in [0.15, 0.2) is 66.3 Å². The normalized spacial score (nSPS) is 10.6. The first-order valence-corrected chi connectivity index (χ1v) is 10.6. The Morgan fingerprint density at radius 3 is 1.93 bits per heavy atom. The quantitative estimate of drug-likeness (QED) is 0.436. The first-order valence-electron chi connectivity index (χ1n) is 9.07. The first kappa shape index (κ1) is 21.6. The van der Waals surface area contributed by atoms with Gasteiger partial charge in [0.05, 0.1) is 0 Å². The molecule has 0 radical (unpaired) electrons. The fraction of sp³-hybridized carbons (Fsp3) is 0.250. The molecule has 2 rings (SSSR count). The van der Waals surface area contributed by atoms with E-state index in [1.807, 2.05) is 6.08 Å². The molecule has 0 unspecified atom stereocenters. The molecule has 3 heteroatoms. The Hall–Kier alpha value is -1.68. The zero-order valence-corrected chi connectivity index (χ0v) is 18.8. The summed E-state index contributed by atoms with van der Waals surface area (Å²) in [5.74, 6) is 0. The van der Waals surface area contributed by atoms with Crippen molar-refractivity contribution in [3.63, 3.8) is 0 Å². The Bertz CT molecular complexity index is 852. The van der Waals surface area contributed by atoms with Gasteiger partial charge in [0.15, 0.2) is 0 Å². The Morgan fingerprint density at radius 2 is 1.41 bits per heavy atom. The Morgan fingerprint density at radius 1 is 0.852 bits per heavy atom. The van der Waals surface area contributed by atoms with Gasteiger partial charge in [0.1, 0.15) is 0 Å². The zero-order chi connectivity index (χ0) is 20.0. The van der Waals surface area contributed by atoms with Crippen molar-refractivity contribution in [2.24, 2.45) is 0 Å². The molecule has 2 aromatic rings. The van der Waals surface area contributed by atoms with Crippen LogP contribution in [0.1, 0.15) is 49.9 Å². The number of allylic oxidation sites excluding steroid dienone is 2. The fourth-order valence-electron chi connectivity index (χ4n) is 2.72. The van der Waals surface area contributed by atoms with Gasteiger partial charge in [-0.3, -0.25) is 0 Å². The summed E-state index contributed by atoms with van der Waals surface area (Å²) in [6.45, 7) is 14.7. The van der Waals surface area contributed by atoms with Crippen molar-refractivity contribution >= 4 is 39.8 Å². The Labute approximate surface area is 173 Å². The number of aryl methyl sites for hydroxylation is 1. The van der Waals surface area contributed by atoms with E-state index in [0.717, 1.165) is 5.56 Å². The summed E-state index contributed by atoms with van der Waals surface area (Å²) < 4.78 is 2.25. The summed E-state index contributed by atoms with van der Waals surface area (Å²) in [7, 11) is 2.14. The average molecular weight is 396 g/mol. The second-order valence-corrected chi connectivity index (χ2v) is 9.43. The fourth-order valence-corrected chi connectivity index (χ4v) is 4.76. The van der Waals surface area contributed by atoms with Crippen LogP contribution in [0.5, 0.6) is 0 Å². The van der Waals surface area contributed by atoms with Gasteiger partial charge < -0.3 is 0 Å². The number of hydrogen-bond donors (Lipinski definition) is 0. The lowest BCUT2D eigenvalue weighted by atomic mass is 10.1. The van der Waals surface area contributed by atoms with Crippen LogP contribution in [0.3, 0.4) is 0 Å². The van der Waals surface area contributed by atoms with Gasteiger partial charge in [0.25, 0.3) is 0 Å². The molecule has 0 fully saturated rings. The first-order chi connectivity index (χ1) is 12.8. The minimum Gasteiger partial charge on any atom is -0.189 e. The standard InChI is InChI=1S/C24H29NS2/c1-8-20-13-15-21(16-14-20)23(17(2)3)26-25(7)27-24(18(4)5)22-12-10-9-11-19(22)6/h8-16H,1H2,2-7H3. The number of rotatable bonds is 7. The highest BCUT2D eigenvalue weighted by Gasteiger charge is 2.14. The van der Waals surface area contributed by atoms with Crippen molar-refractivity contribution in [2.45, 2.75) is 34.6 Å². The van der Waals surface area contributed by atoms with Crippen molar-refractivity contribution < 1.29 is 0 Å². The summed E-state index contributed by atoms with van der Waals surface area (Å²) >= 11 is 3.58. The van der Waals surface area contributed by atoms with Gasteiger partial charge in [0.2, 0.25) is 0 Å². The third-order valence-electron chi connectivity index (χ3n) is 4.15. The molecule has 0 N–H and O–H groups in total. The molecule has 2 aromatic carbocycles. The molecule has 0 saturated carbocycles. The van der Waals surface area contributed by atoms with E-state index in [1.165, 1.54) is 37.6 Å². The van der Waals surface area contributed by atoms with Crippen LogP contribution in [0.4, 0.5) is 0 Å². The Kier molecular flexibility index (Phi) is 8.03. The van der Waals surface area contributed by atoms with Crippen LogP contribution in [0.2, 0.25) is 0 Å². The van der Waals surface area contributed by atoms with Gasteiger partial charge in [-0.1, -0.05) is 72.3 Å². The number of benzene rings is 2. The maximum atomic E-state index is 3.84. The molecule has 0 heterocycles. The highest BCUT2D eigenvalue weighted by molar-refractivity contribution is 8.20. The molecule has 0 atom stereocenters. The molecular formula is C24H29NS2. The van der Waals surface area contributed by atoms with Crippen LogP contribution in [-0.4, -0.2) is 10.8 Å². The topological polar surface area (TPSA) is 3.24 Å². The summed E-state index contributed by atoms with van der Waals surface area (Å²) in [5, 5.41) is 0. The van der Waals surface area contributed by atoms with E-state index < -0.39 is 0 Å². The molecule has 142 valence electrons. The van der Waals surface area contributed by atoms with Crippen molar-refractivity contribution in [2.75, 3.05) is 7.05 Å². The predicted molar refractivity (Wildman–Crippen MR) is 127 cm³/mol. The predicted octanol–water partition coefficient (Wildman–Crippen LogP) is 8.07. The lowest BCUT2D eigenvalue weighted by Crippen LogP contribution is -2.01. The van der Waals surface area contributed by atoms with E-state index in [9.17, 15) is 0 Å². The summed E-state index contributed by atoms with van der Waals surface area (Å²) in [5.41, 5.74) is 7.65. The molecular weight excluding hydrogens is 366 g/mol. The lowest BCUT2D eigenvalue weighted by molar-refractivity contribution is 0.960. The summed E-state index contributed by atoms with van der Waals surface area (Å²) in [6, 6.07) is 17.2. The zero-order valence-electron chi connectivity index (χ0n) is 17.2. The molecule has 0 aliphatic carbocycles. The van der Waals surface area contributed by atoms with Crippen LogP contribution < -0.4 is 0 Å². The third kappa shape index (κ3) is 5.90. The lowest BCUT2D eigenvalue weighted by Gasteiger charge is -2.21. The summed E-state index contributed by atoms with van der Waals surface area (Å²) in [4.78, 5) is 2.61. The van der Waals surface area contributed by atoms with Gasteiger partial charge in [0, 0.05) is 16.9 Å². The highest BCUT2D eigenvalue weighted by atomic mass is 32.2. The molecule has 0 aliphatic heterocycles. The van der Waals surface area contributed by atoms with Crippen molar-refractivity contribution in [1.82, 2.24) is 3.71 Å². The minimum absolute atomic E-state index is 1.14. The van der Waals surface area contributed by atoms with E-state index in [1.54, 1.807) is 23.9 Å². The largest absolute Gasteiger partial charge is 0.189 e. The van der Waals surface area contributed by atoms with Crippen LogP contribution in [-0.2, 0) is 0 Å². The highest BCUT2D eigenvalue weighted by Crippen LogP contribution is 2.42. The van der Waals surface area contributed by atoms with E-state index in [-0.39, 0.29) is 0 Å². The Balaban J connectivity index is 2.23. The second kappa shape index (κ2) is 10.0.